The topological polar surface area (TPSA) is 30.8 Å². The Balaban J connectivity index is 1.57. The molecule has 23 heavy (non-hydrogen) atoms. The maximum Gasteiger partial charge on any atom is 0.130 e. The lowest BCUT2D eigenvalue weighted by Crippen LogP contribution is -2.19. The molecule has 0 fully saturated rings. The van der Waals surface area contributed by atoms with Gasteiger partial charge in [0.05, 0.1) is 12.3 Å². The third kappa shape index (κ3) is 4.13. The molecule has 0 unspecified atom stereocenters. The molecule has 0 radical (unpaired) electrons. The Hall–Kier alpha value is -2.29. The predicted octanol–water partition coefficient (Wildman–Crippen LogP) is 4.29. The van der Waals surface area contributed by atoms with E-state index in [1.54, 1.807) is 0 Å². The fourth-order valence-electron chi connectivity index (χ4n) is 2.66. The molecular formula is C20H23NO2. The highest BCUT2D eigenvalue weighted by molar-refractivity contribution is 6.03. The molecule has 3 nitrogen and oxygen atoms in total. The van der Waals surface area contributed by atoms with Gasteiger partial charge in [0.1, 0.15) is 18.1 Å². The highest BCUT2D eigenvalue weighted by atomic mass is 16.5. The molecule has 0 spiro atoms. The monoisotopic (exact) mass is 309 g/mol. The van der Waals surface area contributed by atoms with Crippen molar-refractivity contribution >= 4 is 5.71 Å². The summed E-state index contributed by atoms with van der Waals surface area (Å²) >= 11 is 0. The molecule has 1 aliphatic heterocycles. The Morgan fingerprint density at radius 2 is 1.70 bits per heavy atom. The molecular weight excluding hydrogens is 286 g/mol. The van der Waals surface area contributed by atoms with E-state index in [1.165, 1.54) is 11.1 Å². The molecule has 0 saturated carbocycles. The SMILES string of the molecule is CCCCOc1ccc(OCC2=NCCc3ccccc32)cc1. The fraction of sp³-hybridized carbons (Fsp3) is 0.350. The van der Waals surface area contributed by atoms with Gasteiger partial charge in [-0.15, -0.1) is 0 Å². The largest absolute Gasteiger partial charge is 0.494 e. The molecule has 3 rings (SSSR count). The number of aliphatic imine (C=N–C) groups is 1. The van der Waals surface area contributed by atoms with E-state index >= 15 is 0 Å². The molecule has 120 valence electrons. The summed E-state index contributed by atoms with van der Waals surface area (Å²) in [6, 6.07) is 16.3. The van der Waals surface area contributed by atoms with Gasteiger partial charge < -0.3 is 9.47 Å². The lowest BCUT2D eigenvalue weighted by atomic mass is 9.98. The van der Waals surface area contributed by atoms with Gasteiger partial charge in [0, 0.05) is 12.1 Å². The number of benzene rings is 2. The van der Waals surface area contributed by atoms with Gasteiger partial charge in [-0.2, -0.15) is 0 Å². The summed E-state index contributed by atoms with van der Waals surface area (Å²) < 4.78 is 11.6. The van der Waals surface area contributed by atoms with E-state index in [0.717, 1.165) is 49.6 Å². The zero-order valence-electron chi connectivity index (χ0n) is 13.6. The van der Waals surface area contributed by atoms with Crippen LogP contribution in [0.5, 0.6) is 11.5 Å². The van der Waals surface area contributed by atoms with Gasteiger partial charge in [0.25, 0.3) is 0 Å². The fourth-order valence-corrected chi connectivity index (χ4v) is 2.66. The van der Waals surface area contributed by atoms with Gasteiger partial charge in [-0.1, -0.05) is 37.6 Å². The van der Waals surface area contributed by atoms with Crippen LogP contribution in [0.2, 0.25) is 0 Å². The van der Waals surface area contributed by atoms with Gasteiger partial charge in [0.2, 0.25) is 0 Å². The Kier molecular flexibility index (Phi) is 5.30. The summed E-state index contributed by atoms with van der Waals surface area (Å²) in [6.45, 7) is 4.28. The summed E-state index contributed by atoms with van der Waals surface area (Å²) in [5.41, 5.74) is 3.62. The van der Waals surface area contributed by atoms with Gasteiger partial charge in [-0.25, -0.2) is 0 Å². The summed E-state index contributed by atoms with van der Waals surface area (Å²) in [5, 5.41) is 0. The van der Waals surface area contributed by atoms with E-state index < -0.39 is 0 Å². The molecule has 2 aromatic carbocycles. The van der Waals surface area contributed by atoms with E-state index in [1.807, 2.05) is 24.3 Å². The smallest absolute Gasteiger partial charge is 0.130 e. The normalized spacial score (nSPS) is 13.2. The van der Waals surface area contributed by atoms with Crippen LogP contribution in [0.15, 0.2) is 53.5 Å². The maximum atomic E-state index is 5.90. The first-order chi connectivity index (χ1) is 11.4. The lowest BCUT2D eigenvalue weighted by Gasteiger charge is -2.17. The van der Waals surface area contributed by atoms with E-state index in [-0.39, 0.29) is 0 Å². The minimum absolute atomic E-state index is 0.507. The van der Waals surface area contributed by atoms with Crippen molar-refractivity contribution in [2.75, 3.05) is 19.8 Å². The molecule has 1 heterocycles. The number of hydrogen-bond acceptors (Lipinski definition) is 3. The van der Waals surface area contributed by atoms with E-state index in [4.69, 9.17) is 9.47 Å². The van der Waals surface area contributed by atoms with Crippen LogP contribution < -0.4 is 9.47 Å². The van der Waals surface area contributed by atoms with Gasteiger partial charge in [0.15, 0.2) is 0 Å². The number of nitrogens with zero attached hydrogens (tertiary/aromatic N) is 1. The van der Waals surface area contributed by atoms with Crippen molar-refractivity contribution in [2.45, 2.75) is 26.2 Å². The van der Waals surface area contributed by atoms with Crippen molar-refractivity contribution in [3.05, 3.63) is 59.7 Å². The third-order valence-electron chi connectivity index (χ3n) is 3.98. The molecule has 0 bridgehead atoms. The van der Waals surface area contributed by atoms with E-state index in [0.29, 0.717) is 6.61 Å². The number of unbranched alkanes of at least 4 members (excludes halogenated alkanes) is 1. The Morgan fingerprint density at radius 1 is 0.957 bits per heavy atom. The molecule has 0 amide bonds. The van der Waals surface area contributed by atoms with E-state index in [2.05, 4.69) is 36.2 Å². The molecule has 1 aliphatic rings. The molecule has 0 aliphatic carbocycles. The van der Waals surface area contributed by atoms with Crippen molar-refractivity contribution < 1.29 is 9.47 Å². The van der Waals surface area contributed by atoms with E-state index in [9.17, 15) is 0 Å². The highest BCUT2D eigenvalue weighted by Gasteiger charge is 2.13. The molecule has 2 aromatic rings. The highest BCUT2D eigenvalue weighted by Crippen LogP contribution is 2.20. The average molecular weight is 309 g/mol. The van der Waals surface area contributed by atoms with Crippen molar-refractivity contribution in [2.24, 2.45) is 4.99 Å². The van der Waals surface area contributed by atoms with Crippen LogP contribution in [-0.2, 0) is 6.42 Å². The minimum Gasteiger partial charge on any atom is -0.494 e. The van der Waals surface area contributed by atoms with Crippen molar-refractivity contribution in [1.82, 2.24) is 0 Å². The zero-order valence-corrected chi connectivity index (χ0v) is 13.6. The Morgan fingerprint density at radius 3 is 2.48 bits per heavy atom. The van der Waals surface area contributed by atoms with Crippen LogP contribution >= 0.6 is 0 Å². The molecule has 0 atom stereocenters. The first-order valence-electron chi connectivity index (χ1n) is 8.34. The van der Waals surface area contributed by atoms with Gasteiger partial charge in [-0.3, -0.25) is 4.99 Å². The number of hydrogen-bond donors (Lipinski definition) is 0. The number of rotatable bonds is 7. The van der Waals surface area contributed by atoms with Crippen LogP contribution in [0, 0.1) is 0 Å². The summed E-state index contributed by atoms with van der Waals surface area (Å²) in [7, 11) is 0. The van der Waals surface area contributed by atoms with Crippen LogP contribution in [0.1, 0.15) is 30.9 Å². The second-order valence-corrected chi connectivity index (χ2v) is 5.70. The standard InChI is InChI=1S/C20H23NO2/c1-2-3-14-22-17-8-10-18(11-9-17)23-15-20-19-7-5-4-6-16(19)12-13-21-20/h4-11H,2-3,12-15H2,1H3. The summed E-state index contributed by atoms with van der Waals surface area (Å²) in [5.74, 6) is 1.74. The summed E-state index contributed by atoms with van der Waals surface area (Å²) in [4.78, 5) is 4.62. The predicted molar refractivity (Wildman–Crippen MR) is 93.9 cm³/mol. The first-order valence-corrected chi connectivity index (χ1v) is 8.34. The average Bonchev–Trinajstić information content (AvgIpc) is 2.61. The van der Waals surface area contributed by atoms with Crippen molar-refractivity contribution in [1.29, 1.82) is 0 Å². The molecule has 0 N–H and O–H groups in total. The lowest BCUT2D eigenvalue weighted by molar-refractivity contribution is 0.308. The quantitative estimate of drug-likeness (QED) is 0.714. The van der Waals surface area contributed by atoms with Gasteiger partial charge >= 0.3 is 0 Å². The number of fused-ring (bicyclic) bond motifs is 1. The van der Waals surface area contributed by atoms with Crippen LogP contribution in [-0.4, -0.2) is 25.5 Å². The first kappa shape index (κ1) is 15.6. The molecule has 0 saturated heterocycles. The molecule has 3 heteroatoms. The van der Waals surface area contributed by atoms with Crippen LogP contribution in [0.3, 0.4) is 0 Å². The summed E-state index contributed by atoms with van der Waals surface area (Å²) in [6.07, 6.45) is 3.24. The van der Waals surface area contributed by atoms with Crippen molar-refractivity contribution in [3.63, 3.8) is 0 Å². The third-order valence-corrected chi connectivity index (χ3v) is 3.98. The van der Waals surface area contributed by atoms with Crippen LogP contribution in [0.4, 0.5) is 0 Å². The zero-order chi connectivity index (χ0) is 15.9. The second-order valence-electron chi connectivity index (χ2n) is 5.70. The maximum absolute atomic E-state index is 5.90. The second kappa shape index (κ2) is 7.82. The molecule has 0 aromatic heterocycles. The Labute approximate surface area is 138 Å². The Bertz CT molecular complexity index is 662. The number of ether oxygens (including phenoxy) is 2. The minimum atomic E-state index is 0.507. The van der Waals surface area contributed by atoms with Crippen molar-refractivity contribution in [3.8, 4) is 11.5 Å². The van der Waals surface area contributed by atoms with Crippen LogP contribution in [0.25, 0.3) is 0 Å². The van der Waals surface area contributed by atoms with Gasteiger partial charge in [-0.05, 0) is 42.7 Å².